The Morgan fingerprint density at radius 3 is 2.31 bits per heavy atom. The molecule has 2 aliphatic heterocycles. The second-order valence-electron chi connectivity index (χ2n) is 9.08. The number of amides is 1. The van der Waals surface area contributed by atoms with Crippen LogP contribution in [0.4, 0.5) is 11.4 Å². The molecule has 1 atom stereocenters. The summed E-state index contributed by atoms with van der Waals surface area (Å²) in [6, 6.07) is 19.2. The molecular weight excluding hydrogens is 476 g/mol. The van der Waals surface area contributed by atoms with Crippen LogP contribution in [0.15, 0.2) is 72.3 Å². The van der Waals surface area contributed by atoms with Gasteiger partial charge in [-0.15, -0.1) is 0 Å². The maximum Gasteiger partial charge on any atom is 0.300 e. The first-order valence-electron chi connectivity index (χ1n) is 12.0. The molecular formula is C29H27ClN2O4. The average molecular weight is 503 g/mol. The van der Waals surface area contributed by atoms with Gasteiger partial charge in [0, 0.05) is 30.0 Å². The number of methoxy groups -OCH3 is 1. The van der Waals surface area contributed by atoms with Crippen LogP contribution in [0.3, 0.4) is 0 Å². The highest BCUT2D eigenvalue weighted by molar-refractivity contribution is 6.52. The van der Waals surface area contributed by atoms with Gasteiger partial charge in [-0.25, -0.2) is 0 Å². The minimum atomic E-state index is -0.814. The smallest absolute Gasteiger partial charge is 0.300 e. The van der Waals surface area contributed by atoms with E-state index in [9.17, 15) is 14.7 Å². The standard InChI is InChI=1S/C29H27ClN2O4/c1-18-7-3-4-8-22(18)26-25(27(33)23-17-21(36-2)13-14-24(23)30)28(34)29(35)32(26)20-11-9-19(10-12-20)31-15-5-6-16-31/h3-4,7-14,17,26,33H,5-6,15-16H2,1-2H3/b27-25+. The van der Waals surface area contributed by atoms with Gasteiger partial charge < -0.3 is 14.7 Å². The minimum absolute atomic E-state index is 0.00641. The van der Waals surface area contributed by atoms with E-state index in [2.05, 4.69) is 4.90 Å². The van der Waals surface area contributed by atoms with E-state index in [-0.39, 0.29) is 21.9 Å². The quantitative estimate of drug-likeness (QED) is 0.268. The molecule has 1 unspecified atom stereocenters. The molecule has 3 aromatic rings. The Balaban J connectivity index is 1.67. The Hall–Kier alpha value is -3.77. The minimum Gasteiger partial charge on any atom is -0.507 e. The molecule has 0 spiro atoms. The van der Waals surface area contributed by atoms with Crippen molar-refractivity contribution in [3.63, 3.8) is 0 Å². The van der Waals surface area contributed by atoms with E-state index in [1.54, 1.807) is 18.2 Å². The largest absolute Gasteiger partial charge is 0.507 e. The van der Waals surface area contributed by atoms with Crippen LogP contribution >= 0.6 is 11.6 Å². The van der Waals surface area contributed by atoms with E-state index in [4.69, 9.17) is 16.3 Å². The third-order valence-electron chi connectivity index (χ3n) is 6.96. The molecule has 0 radical (unpaired) electrons. The number of aliphatic hydroxyl groups is 1. The lowest BCUT2D eigenvalue weighted by molar-refractivity contribution is -0.132. The van der Waals surface area contributed by atoms with Gasteiger partial charge in [-0.05, 0) is 73.4 Å². The van der Waals surface area contributed by atoms with Crippen molar-refractivity contribution in [3.05, 3.63) is 94.0 Å². The van der Waals surface area contributed by atoms with E-state index in [1.165, 1.54) is 12.0 Å². The van der Waals surface area contributed by atoms with Gasteiger partial charge in [0.05, 0.1) is 23.7 Å². The first kappa shape index (κ1) is 23.9. The van der Waals surface area contributed by atoms with Gasteiger partial charge in [0.15, 0.2) is 0 Å². The topological polar surface area (TPSA) is 70.1 Å². The van der Waals surface area contributed by atoms with Crippen LogP contribution in [0, 0.1) is 6.92 Å². The molecule has 7 heteroatoms. The fourth-order valence-corrected chi connectivity index (χ4v) is 5.25. The fourth-order valence-electron chi connectivity index (χ4n) is 5.04. The summed E-state index contributed by atoms with van der Waals surface area (Å²) in [4.78, 5) is 30.7. The number of carbonyl (C=O) groups is 2. The maximum absolute atomic E-state index is 13.5. The number of ether oxygens (including phenoxy) is 1. The molecule has 0 aliphatic carbocycles. The number of benzene rings is 3. The molecule has 6 nitrogen and oxygen atoms in total. The zero-order valence-electron chi connectivity index (χ0n) is 20.2. The Kier molecular flexibility index (Phi) is 6.46. The molecule has 0 bridgehead atoms. The van der Waals surface area contributed by atoms with Crippen LogP contribution in [0.5, 0.6) is 5.75 Å². The summed E-state index contributed by atoms with van der Waals surface area (Å²) in [5.41, 5.74) is 3.55. The highest BCUT2D eigenvalue weighted by Gasteiger charge is 2.47. The van der Waals surface area contributed by atoms with Crippen molar-refractivity contribution >= 4 is 40.4 Å². The van der Waals surface area contributed by atoms with Crippen molar-refractivity contribution in [2.45, 2.75) is 25.8 Å². The van der Waals surface area contributed by atoms with Gasteiger partial charge in [-0.3, -0.25) is 14.5 Å². The molecule has 1 N–H and O–H groups in total. The lowest BCUT2D eigenvalue weighted by Crippen LogP contribution is -2.29. The third-order valence-corrected chi connectivity index (χ3v) is 7.28. The summed E-state index contributed by atoms with van der Waals surface area (Å²) in [5.74, 6) is -1.32. The zero-order valence-corrected chi connectivity index (χ0v) is 21.0. The van der Waals surface area contributed by atoms with Gasteiger partial charge in [0.25, 0.3) is 11.7 Å². The number of nitrogens with zero attached hydrogens (tertiary/aromatic N) is 2. The summed E-state index contributed by atoms with van der Waals surface area (Å²) in [7, 11) is 1.51. The van der Waals surface area contributed by atoms with E-state index in [0.29, 0.717) is 11.4 Å². The van der Waals surface area contributed by atoms with Crippen LogP contribution in [-0.4, -0.2) is 37.0 Å². The predicted molar refractivity (Wildman–Crippen MR) is 142 cm³/mol. The number of aliphatic hydroxyl groups excluding tert-OH is 1. The molecule has 2 fully saturated rings. The number of Topliss-reactive ketones (excluding diaryl/α,β-unsaturated/α-hetero) is 1. The van der Waals surface area contributed by atoms with E-state index < -0.39 is 17.7 Å². The van der Waals surface area contributed by atoms with Crippen molar-refractivity contribution in [1.29, 1.82) is 0 Å². The lowest BCUT2D eigenvalue weighted by Gasteiger charge is -2.27. The van der Waals surface area contributed by atoms with Crippen LogP contribution < -0.4 is 14.5 Å². The number of hydrogen-bond acceptors (Lipinski definition) is 5. The number of carbonyl (C=O) groups excluding carboxylic acids is 2. The Morgan fingerprint density at radius 1 is 0.972 bits per heavy atom. The van der Waals surface area contributed by atoms with Gasteiger partial charge in [-0.1, -0.05) is 35.9 Å². The van der Waals surface area contributed by atoms with Crippen LogP contribution in [0.1, 0.15) is 35.6 Å². The van der Waals surface area contributed by atoms with Gasteiger partial charge in [0.2, 0.25) is 0 Å². The second kappa shape index (κ2) is 9.70. The summed E-state index contributed by atoms with van der Waals surface area (Å²) >= 11 is 6.40. The molecule has 2 aliphatic rings. The molecule has 2 heterocycles. The van der Waals surface area contributed by atoms with E-state index >= 15 is 0 Å². The van der Waals surface area contributed by atoms with Gasteiger partial charge in [0.1, 0.15) is 11.5 Å². The molecule has 1 amide bonds. The van der Waals surface area contributed by atoms with Crippen molar-refractivity contribution in [3.8, 4) is 5.75 Å². The van der Waals surface area contributed by atoms with Crippen molar-refractivity contribution in [2.75, 3.05) is 30.0 Å². The normalized spacial score (nSPS) is 19.2. The predicted octanol–water partition coefficient (Wildman–Crippen LogP) is 5.88. The number of aryl methyl sites for hydroxylation is 1. The van der Waals surface area contributed by atoms with Gasteiger partial charge in [-0.2, -0.15) is 0 Å². The number of rotatable bonds is 5. The summed E-state index contributed by atoms with van der Waals surface area (Å²) in [6.45, 7) is 3.94. The first-order valence-corrected chi connectivity index (χ1v) is 12.3. The van der Waals surface area contributed by atoms with Crippen molar-refractivity contribution < 1.29 is 19.4 Å². The Labute approximate surface area is 215 Å². The molecule has 184 valence electrons. The first-order chi connectivity index (χ1) is 17.4. The van der Waals surface area contributed by atoms with Crippen molar-refractivity contribution in [2.24, 2.45) is 0 Å². The fraction of sp³-hybridized carbons (Fsp3) is 0.241. The molecule has 0 saturated carbocycles. The van der Waals surface area contributed by atoms with Crippen molar-refractivity contribution in [1.82, 2.24) is 0 Å². The summed E-state index contributed by atoms with van der Waals surface area (Å²) in [6.07, 6.45) is 2.33. The van der Waals surface area contributed by atoms with Crippen LogP contribution in [0.25, 0.3) is 5.76 Å². The van der Waals surface area contributed by atoms with E-state index in [0.717, 1.165) is 42.7 Å². The zero-order chi connectivity index (χ0) is 25.4. The average Bonchev–Trinajstić information content (AvgIpc) is 3.52. The molecule has 5 rings (SSSR count). The number of halogens is 1. The van der Waals surface area contributed by atoms with Crippen LogP contribution in [-0.2, 0) is 9.59 Å². The Morgan fingerprint density at radius 2 is 1.64 bits per heavy atom. The molecule has 2 saturated heterocycles. The maximum atomic E-state index is 13.5. The summed E-state index contributed by atoms with van der Waals surface area (Å²) < 4.78 is 5.29. The highest BCUT2D eigenvalue weighted by atomic mass is 35.5. The Bertz CT molecular complexity index is 1360. The van der Waals surface area contributed by atoms with E-state index in [1.807, 2.05) is 55.5 Å². The molecule has 3 aromatic carbocycles. The summed E-state index contributed by atoms with van der Waals surface area (Å²) in [5, 5.41) is 11.7. The van der Waals surface area contributed by atoms with Gasteiger partial charge >= 0.3 is 0 Å². The lowest BCUT2D eigenvalue weighted by atomic mass is 9.92. The third kappa shape index (κ3) is 4.11. The monoisotopic (exact) mass is 502 g/mol. The number of anilines is 2. The van der Waals surface area contributed by atoms with Crippen LogP contribution in [0.2, 0.25) is 5.02 Å². The number of hydrogen-bond donors (Lipinski definition) is 1. The SMILES string of the molecule is COc1ccc(Cl)c(/C(O)=C2\C(=O)C(=O)N(c3ccc(N4CCCC4)cc3)C2c2ccccc2C)c1. The molecule has 0 aromatic heterocycles. The molecule has 36 heavy (non-hydrogen) atoms. The number of ketones is 1. The highest BCUT2D eigenvalue weighted by Crippen LogP contribution is 2.44. The second-order valence-corrected chi connectivity index (χ2v) is 9.49.